The molecule has 0 spiro atoms. The molecule has 2 rings (SSSR count). The highest BCUT2D eigenvalue weighted by atomic mass is 32.2. The third-order valence-corrected chi connectivity index (χ3v) is 6.19. The van der Waals surface area contributed by atoms with Crippen molar-refractivity contribution < 1.29 is 22.7 Å². The molecule has 7 heteroatoms. The molecule has 0 N–H and O–H groups in total. The van der Waals surface area contributed by atoms with Crippen molar-refractivity contribution in [1.82, 2.24) is 4.90 Å². The molecule has 0 radical (unpaired) electrons. The number of esters is 1. The molecule has 1 saturated heterocycles. The minimum absolute atomic E-state index is 0.0450. The van der Waals surface area contributed by atoms with Crippen LogP contribution in [0.4, 0.5) is 0 Å². The van der Waals surface area contributed by atoms with Gasteiger partial charge in [-0.15, -0.1) is 0 Å². The van der Waals surface area contributed by atoms with Gasteiger partial charge in [0.2, 0.25) is 6.41 Å². The summed E-state index contributed by atoms with van der Waals surface area (Å²) in [6.07, 6.45) is 0.388. The van der Waals surface area contributed by atoms with Gasteiger partial charge in [0.05, 0.1) is 5.75 Å². The fraction of sp³-hybridized carbons (Fsp3) is 0.429. The van der Waals surface area contributed by atoms with Crippen LogP contribution in [0.1, 0.15) is 19.4 Å². The lowest BCUT2D eigenvalue weighted by molar-refractivity contribution is -0.153. The standard InChI is InChI=1S/C14H17NO5S/c1-14(2)15(10-16)12(9-21(14,18)19)13(17)20-8-11-6-4-3-5-7-11/h3-7,10,12H,8-9H2,1-2H3/t12-/m0/s1. The summed E-state index contributed by atoms with van der Waals surface area (Å²) in [6, 6.07) is 7.95. The number of hydrogen-bond donors (Lipinski definition) is 0. The summed E-state index contributed by atoms with van der Waals surface area (Å²) in [6.45, 7) is 2.85. The van der Waals surface area contributed by atoms with Gasteiger partial charge in [-0.1, -0.05) is 30.3 Å². The van der Waals surface area contributed by atoms with E-state index in [-0.39, 0.29) is 6.61 Å². The quantitative estimate of drug-likeness (QED) is 0.604. The maximum Gasteiger partial charge on any atom is 0.330 e. The van der Waals surface area contributed by atoms with E-state index in [0.717, 1.165) is 10.5 Å². The van der Waals surface area contributed by atoms with Crippen LogP contribution < -0.4 is 0 Å². The first-order valence-corrected chi connectivity index (χ1v) is 8.11. The molecule has 1 aromatic rings. The van der Waals surface area contributed by atoms with Gasteiger partial charge in [0.1, 0.15) is 17.5 Å². The topological polar surface area (TPSA) is 80.8 Å². The van der Waals surface area contributed by atoms with E-state index in [1.807, 2.05) is 18.2 Å². The molecule has 21 heavy (non-hydrogen) atoms. The molecule has 0 aromatic heterocycles. The van der Waals surface area contributed by atoms with Crippen molar-refractivity contribution in [2.75, 3.05) is 5.75 Å². The van der Waals surface area contributed by atoms with E-state index in [1.165, 1.54) is 13.8 Å². The number of sulfone groups is 1. The Kier molecular flexibility index (Phi) is 4.04. The average Bonchev–Trinajstić information content (AvgIpc) is 2.63. The van der Waals surface area contributed by atoms with Gasteiger partial charge in [0.25, 0.3) is 0 Å². The summed E-state index contributed by atoms with van der Waals surface area (Å²) >= 11 is 0. The predicted octanol–water partition coefficient (Wildman–Crippen LogP) is 0.721. The number of amides is 1. The van der Waals surface area contributed by atoms with Crippen molar-refractivity contribution in [2.45, 2.75) is 31.4 Å². The molecule has 1 amide bonds. The maximum atomic E-state index is 12.1. The molecule has 6 nitrogen and oxygen atoms in total. The van der Waals surface area contributed by atoms with Crippen molar-refractivity contribution in [3.63, 3.8) is 0 Å². The Morgan fingerprint density at radius 2 is 2.00 bits per heavy atom. The fourth-order valence-corrected chi connectivity index (χ4v) is 3.85. The van der Waals surface area contributed by atoms with Crippen molar-refractivity contribution in [3.8, 4) is 0 Å². The highest BCUT2D eigenvalue weighted by Gasteiger charge is 2.54. The zero-order chi connectivity index (χ0) is 15.7. The van der Waals surface area contributed by atoms with E-state index in [4.69, 9.17) is 4.74 Å². The number of ether oxygens (including phenoxy) is 1. The molecule has 0 bridgehead atoms. The Morgan fingerprint density at radius 3 is 2.57 bits per heavy atom. The van der Waals surface area contributed by atoms with Crippen LogP contribution in [0.25, 0.3) is 0 Å². The normalized spacial score (nSPS) is 22.8. The molecule has 0 aliphatic carbocycles. The number of rotatable bonds is 4. The first-order chi connectivity index (χ1) is 9.79. The lowest BCUT2D eigenvalue weighted by Gasteiger charge is -2.28. The smallest absolute Gasteiger partial charge is 0.330 e. The highest BCUT2D eigenvalue weighted by molar-refractivity contribution is 7.93. The van der Waals surface area contributed by atoms with Gasteiger partial charge >= 0.3 is 5.97 Å². The lowest BCUT2D eigenvalue weighted by atomic mass is 10.2. The van der Waals surface area contributed by atoms with Gasteiger partial charge in [0.15, 0.2) is 9.84 Å². The van der Waals surface area contributed by atoms with Crippen LogP contribution in [-0.2, 0) is 30.8 Å². The van der Waals surface area contributed by atoms with Crippen LogP contribution >= 0.6 is 0 Å². The molecule has 1 fully saturated rings. The molecular weight excluding hydrogens is 294 g/mol. The largest absolute Gasteiger partial charge is 0.459 e. The number of hydrogen-bond acceptors (Lipinski definition) is 5. The van der Waals surface area contributed by atoms with Crippen LogP contribution in [0.5, 0.6) is 0 Å². The number of nitrogens with zero attached hydrogens (tertiary/aromatic N) is 1. The number of carbonyl (C=O) groups is 2. The van der Waals surface area contributed by atoms with E-state index in [0.29, 0.717) is 6.41 Å². The molecule has 1 aliphatic heterocycles. The summed E-state index contributed by atoms with van der Waals surface area (Å²) < 4.78 is 29.2. The summed E-state index contributed by atoms with van der Waals surface area (Å²) in [4.78, 5) is 22.8. The second-order valence-corrected chi connectivity index (χ2v) is 7.91. The van der Waals surface area contributed by atoms with Gasteiger partial charge in [-0.3, -0.25) is 4.79 Å². The van der Waals surface area contributed by atoms with Crippen molar-refractivity contribution in [3.05, 3.63) is 35.9 Å². The fourth-order valence-electron chi connectivity index (χ4n) is 2.23. The third kappa shape index (κ3) is 2.78. The van der Waals surface area contributed by atoms with Crippen LogP contribution in [0, 0.1) is 0 Å². The van der Waals surface area contributed by atoms with Crippen molar-refractivity contribution in [1.29, 1.82) is 0 Å². The summed E-state index contributed by atoms with van der Waals surface area (Å²) in [5.74, 6) is -1.12. The second kappa shape index (κ2) is 5.48. The van der Waals surface area contributed by atoms with E-state index < -0.39 is 32.5 Å². The Balaban J connectivity index is 2.11. The number of benzene rings is 1. The van der Waals surface area contributed by atoms with E-state index in [9.17, 15) is 18.0 Å². The molecule has 114 valence electrons. The minimum Gasteiger partial charge on any atom is -0.459 e. The monoisotopic (exact) mass is 311 g/mol. The second-order valence-electron chi connectivity index (χ2n) is 5.35. The van der Waals surface area contributed by atoms with Gasteiger partial charge < -0.3 is 9.64 Å². The zero-order valence-electron chi connectivity index (χ0n) is 11.9. The Bertz CT molecular complexity index is 639. The molecule has 1 aromatic carbocycles. The average molecular weight is 311 g/mol. The Hall–Kier alpha value is -1.89. The van der Waals surface area contributed by atoms with Gasteiger partial charge in [-0.2, -0.15) is 0 Å². The minimum atomic E-state index is -3.57. The van der Waals surface area contributed by atoms with Crippen molar-refractivity contribution >= 4 is 22.2 Å². The lowest BCUT2D eigenvalue weighted by Crippen LogP contribution is -2.47. The van der Waals surface area contributed by atoms with Crippen molar-refractivity contribution in [2.24, 2.45) is 0 Å². The third-order valence-electron chi connectivity index (χ3n) is 3.71. The van der Waals surface area contributed by atoms with Gasteiger partial charge in [-0.05, 0) is 19.4 Å². The van der Waals surface area contributed by atoms with Crippen LogP contribution in [-0.4, -0.2) is 42.4 Å². The van der Waals surface area contributed by atoms with E-state index in [2.05, 4.69) is 0 Å². The maximum absolute atomic E-state index is 12.1. The molecule has 0 saturated carbocycles. The van der Waals surface area contributed by atoms with Gasteiger partial charge in [0, 0.05) is 0 Å². The Morgan fingerprint density at radius 1 is 1.38 bits per heavy atom. The van der Waals surface area contributed by atoms with E-state index >= 15 is 0 Å². The van der Waals surface area contributed by atoms with Crippen LogP contribution in [0.2, 0.25) is 0 Å². The zero-order valence-corrected chi connectivity index (χ0v) is 12.7. The summed E-state index contributed by atoms with van der Waals surface area (Å²) in [5.41, 5.74) is 0.795. The first kappa shape index (κ1) is 15.5. The Labute approximate surface area is 123 Å². The van der Waals surface area contributed by atoms with Crippen LogP contribution in [0.3, 0.4) is 0 Å². The number of carbonyl (C=O) groups excluding carboxylic acids is 2. The molecule has 1 atom stereocenters. The molecule has 0 unspecified atom stereocenters. The molecule has 1 aliphatic rings. The summed E-state index contributed by atoms with van der Waals surface area (Å²) in [7, 11) is -3.57. The first-order valence-electron chi connectivity index (χ1n) is 6.46. The molecule has 1 heterocycles. The van der Waals surface area contributed by atoms with Crippen LogP contribution in [0.15, 0.2) is 30.3 Å². The highest BCUT2D eigenvalue weighted by Crippen LogP contribution is 2.32. The predicted molar refractivity (Wildman–Crippen MR) is 75.8 cm³/mol. The molecular formula is C14H17NO5S. The van der Waals surface area contributed by atoms with Gasteiger partial charge in [-0.25, -0.2) is 13.2 Å². The SMILES string of the molecule is CC1(C)N(C=O)[C@H](C(=O)OCc2ccccc2)CS1(=O)=O. The van der Waals surface area contributed by atoms with E-state index in [1.54, 1.807) is 12.1 Å². The summed E-state index contributed by atoms with van der Waals surface area (Å²) in [5, 5.41) is 0.